The van der Waals surface area contributed by atoms with Crippen molar-refractivity contribution in [3.05, 3.63) is 46.3 Å². The van der Waals surface area contributed by atoms with Crippen LogP contribution in [0.1, 0.15) is 23.5 Å². The van der Waals surface area contributed by atoms with Crippen LogP contribution in [0.3, 0.4) is 0 Å². The molecule has 0 saturated carbocycles. The van der Waals surface area contributed by atoms with E-state index in [0.29, 0.717) is 5.69 Å². The van der Waals surface area contributed by atoms with Gasteiger partial charge in [-0.25, -0.2) is 4.98 Å². The molecule has 0 aliphatic carbocycles. The molecule has 0 unspecified atom stereocenters. The van der Waals surface area contributed by atoms with Gasteiger partial charge in [-0.05, 0) is 30.5 Å². The molecule has 0 aromatic carbocycles. The summed E-state index contributed by atoms with van der Waals surface area (Å²) in [5, 5.41) is 14.5. The molecule has 2 aromatic rings. The van der Waals surface area contributed by atoms with E-state index in [4.69, 9.17) is 10.00 Å². The Hall–Kier alpha value is -1.94. The van der Waals surface area contributed by atoms with Crippen LogP contribution in [0.2, 0.25) is 0 Å². The van der Waals surface area contributed by atoms with Crippen LogP contribution in [0.4, 0.5) is 5.82 Å². The highest BCUT2D eigenvalue weighted by Gasteiger charge is 2.26. The van der Waals surface area contributed by atoms with Crippen LogP contribution < -0.4 is 5.32 Å². The van der Waals surface area contributed by atoms with Crippen molar-refractivity contribution in [1.82, 2.24) is 9.88 Å². The molecular weight excluding hydrogens is 308 g/mol. The molecule has 5 nitrogen and oxygen atoms in total. The Morgan fingerprint density at radius 1 is 1.48 bits per heavy atom. The summed E-state index contributed by atoms with van der Waals surface area (Å²) in [6, 6.07) is 12.1. The van der Waals surface area contributed by atoms with Gasteiger partial charge in [-0.15, -0.1) is 11.3 Å². The van der Waals surface area contributed by atoms with Crippen molar-refractivity contribution < 1.29 is 4.74 Å². The van der Waals surface area contributed by atoms with Gasteiger partial charge in [0.05, 0.1) is 18.8 Å². The number of nitriles is 1. The van der Waals surface area contributed by atoms with Crippen LogP contribution >= 0.6 is 11.3 Å². The molecule has 6 heteroatoms. The van der Waals surface area contributed by atoms with Crippen molar-refractivity contribution >= 4 is 17.2 Å². The first-order chi connectivity index (χ1) is 11.3. The second kappa shape index (κ2) is 7.55. The fourth-order valence-corrected chi connectivity index (χ4v) is 3.68. The van der Waals surface area contributed by atoms with Crippen molar-refractivity contribution in [1.29, 1.82) is 5.26 Å². The Morgan fingerprint density at radius 2 is 2.39 bits per heavy atom. The quantitative estimate of drug-likeness (QED) is 0.914. The summed E-state index contributed by atoms with van der Waals surface area (Å²) < 4.78 is 5.66. The Bertz CT molecular complexity index is 667. The van der Waals surface area contributed by atoms with Crippen LogP contribution in [0.5, 0.6) is 0 Å². The summed E-state index contributed by atoms with van der Waals surface area (Å²) in [5.74, 6) is 0.743. The van der Waals surface area contributed by atoms with Crippen LogP contribution in [0.15, 0.2) is 35.7 Å². The third-order valence-corrected chi connectivity index (χ3v) is 4.90. The number of morpholine rings is 1. The van der Waals surface area contributed by atoms with E-state index >= 15 is 0 Å². The Morgan fingerprint density at radius 3 is 3.13 bits per heavy atom. The molecule has 1 saturated heterocycles. The number of rotatable bonds is 5. The molecule has 0 bridgehead atoms. The van der Waals surface area contributed by atoms with Crippen molar-refractivity contribution in [3.8, 4) is 6.07 Å². The molecule has 1 aliphatic heterocycles. The third-order valence-electron chi connectivity index (χ3n) is 3.93. The smallest absolute Gasteiger partial charge is 0.142 e. The number of thiophene rings is 1. The SMILES string of the molecule is C[C@@H]1CN([C@@H](CNc2cccc(C#N)n2)c2cccs2)CCO1. The number of hydrogen-bond donors (Lipinski definition) is 1. The molecule has 23 heavy (non-hydrogen) atoms. The third kappa shape index (κ3) is 4.08. The van der Waals surface area contributed by atoms with Crippen LogP contribution in [0, 0.1) is 11.3 Å². The second-order valence-electron chi connectivity index (χ2n) is 5.61. The van der Waals surface area contributed by atoms with Gasteiger partial charge in [-0.1, -0.05) is 12.1 Å². The van der Waals surface area contributed by atoms with Crippen LogP contribution in [-0.2, 0) is 4.74 Å². The molecule has 1 N–H and O–H groups in total. The minimum atomic E-state index is 0.256. The maximum atomic E-state index is 8.96. The van der Waals surface area contributed by atoms with Gasteiger partial charge in [0.15, 0.2) is 0 Å². The van der Waals surface area contributed by atoms with E-state index in [-0.39, 0.29) is 12.1 Å². The molecule has 2 aromatic heterocycles. The molecular formula is C17H20N4OS. The topological polar surface area (TPSA) is 61.2 Å². The lowest BCUT2D eigenvalue weighted by atomic mass is 10.1. The molecule has 0 amide bonds. The van der Waals surface area contributed by atoms with E-state index < -0.39 is 0 Å². The van der Waals surface area contributed by atoms with E-state index in [1.165, 1.54) is 4.88 Å². The predicted octanol–water partition coefficient (Wildman–Crippen LogP) is 2.89. The van der Waals surface area contributed by atoms with E-state index in [1.807, 2.05) is 12.1 Å². The van der Waals surface area contributed by atoms with E-state index in [9.17, 15) is 0 Å². The van der Waals surface area contributed by atoms with Crippen molar-refractivity contribution in [2.24, 2.45) is 0 Å². The Labute approximate surface area is 140 Å². The predicted molar refractivity (Wildman–Crippen MR) is 91.5 cm³/mol. The first-order valence-corrected chi connectivity index (χ1v) is 8.64. The number of nitrogens with one attached hydrogen (secondary N) is 1. The maximum absolute atomic E-state index is 8.96. The minimum Gasteiger partial charge on any atom is -0.376 e. The van der Waals surface area contributed by atoms with Crippen molar-refractivity contribution in [2.75, 3.05) is 31.6 Å². The number of hydrogen-bond acceptors (Lipinski definition) is 6. The normalized spacial score (nSPS) is 19.9. The molecule has 2 atom stereocenters. The highest BCUT2D eigenvalue weighted by molar-refractivity contribution is 7.10. The van der Waals surface area contributed by atoms with Gasteiger partial charge in [-0.2, -0.15) is 5.26 Å². The number of ether oxygens (including phenoxy) is 1. The fraction of sp³-hybridized carbons (Fsp3) is 0.412. The van der Waals surface area contributed by atoms with Gasteiger partial charge in [0.2, 0.25) is 0 Å². The largest absolute Gasteiger partial charge is 0.376 e. The Kier molecular flexibility index (Phi) is 5.23. The fourth-order valence-electron chi connectivity index (χ4n) is 2.82. The van der Waals surface area contributed by atoms with Gasteiger partial charge in [0.1, 0.15) is 17.6 Å². The molecule has 1 aliphatic rings. The van der Waals surface area contributed by atoms with Crippen LogP contribution in [0.25, 0.3) is 0 Å². The minimum absolute atomic E-state index is 0.256. The summed E-state index contributed by atoms with van der Waals surface area (Å²) in [7, 11) is 0. The number of aromatic nitrogens is 1. The van der Waals surface area contributed by atoms with E-state index in [2.05, 4.69) is 45.7 Å². The lowest BCUT2D eigenvalue weighted by Crippen LogP contribution is -2.44. The molecule has 3 rings (SSSR count). The maximum Gasteiger partial charge on any atom is 0.142 e. The summed E-state index contributed by atoms with van der Waals surface area (Å²) in [4.78, 5) is 8.09. The van der Waals surface area contributed by atoms with Crippen molar-refractivity contribution in [2.45, 2.75) is 19.1 Å². The highest BCUT2D eigenvalue weighted by atomic mass is 32.1. The zero-order valence-corrected chi connectivity index (χ0v) is 13.9. The summed E-state index contributed by atoms with van der Waals surface area (Å²) >= 11 is 1.77. The molecule has 3 heterocycles. The zero-order valence-electron chi connectivity index (χ0n) is 13.1. The number of pyridine rings is 1. The Balaban J connectivity index is 1.72. The lowest BCUT2D eigenvalue weighted by Gasteiger charge is -2.37. The van der Waals surface area contributed by atoms with Gasteiger partial charge >= 0.3 is 0 Å². The van der Waals surface area contributed by atoms with Gasteiger partial charge in [-0.3, -0.25) is 4.90 Å². The van der Waals surface area contributed by atoms with Gasteiger partial charge in [0, 0.05) is 24.5 Å². The molecule has 120 valence electrons. The first kappa shape index (κ1) is 15.9. The lowest BCUT2D eigenvalue weighted by molar-refractivity contribution is -0.0322. The average Bonchev–Trinajstić information content (AvgIpc) is 3.10. The van der Waals surface area contributed by atoms with Gasteiger partial charge in [0.25, 0.3) is 0 Å². The summed E-state index contributed by atoms with van der Waals surface area (Å²) in [6.07, 6.45) is 0.256. The second-order valence-corrected chi connectivity index (χ2v) is 6.59. The number of nitrogens with zero attached hydrogens (tertiary/aromatic N) is 3. The van der Waals surface area contributed by atoms with Crippen molar-refractivity contribution in [3.63, 3.8) is 0 Å². The van der Waals surface area contributed by atoms with E-state index in [1.54, 1.807) is 17.4 Å². The number of anilines is 1. The van der Waals surface area contributed by atoms with E-state index in [0.717, 1.165) is 32.1 Å². The standard InChI is InChI=1S/C17H20N4OS/c1-13-12-21(7-8-22-13)15(16-5-3-9-23-16)11-19-17-6-2-4-14(10-18)20-17/h2-6,9,13,15H,7-8,11-12H2,1H3,(H,19,20)/t13-,15+/m1/s1. The van der Waals surface area contributed by atoms with Crippen LogP contribution in [-0.4, -0.2) is 42.2 Å². The molecule has 1 fully saturated rings. The first-order valence-electron chi connectivity index (χ1n) is 7.76. The average molecular weight is 328 g/mol. The molecule has 0 spiro atoms. The zero-order chi connectivity index (χ0) is 16.1. The summed E-state index contributed by atoms with van der Waals surface area (Å²) in [6.45, 7) is 5.50. The monoisotopic (exact) mass is 328 g/mol. The highest BCUT2D eigenvalue weighted by Crippen LogP contribution is 2.27. The summed E-state index contributed by atoms with van der Waals surface area (Å²) in [5.41, 5.74) is 0.433. The molecule has 0 radical (unpaired) electrons. The van der Waals surface area contributed by atoms with Gasteiger partial charge < -0.3 is 10.1 Å².